The zero-order chi connectivity index (χ0) is 20.6. The maximum absolute atomic E-state index is 12.4. The number of carbonyl (C=O) groups is 2. The van der Waals surface area contributed by atoms with E-state index in [1.165, 1.54) is 6.42 Å². The van der Waals surface area contributed by atoms with E-state index >= 15 is 0 Å². The summed E-state index contributed by atoms with van der Waals surface area (Å²) in [6.07, 6.45) is 4.33. The molecule has 0 bridgehead atoms. The number of carbonyl (C=O) groups excluding carboxylic acids is 2. The molecule has 0 heterocycles. The molecule has 158 valence electrons. The van der Waals surface area contributed by atoms with Gasteiger partial charge in [0, 0.05) is 0 Å². The molecule has 0 aromatic rings. The number of hydrogen-bond donors (Lipinski definition) is 4. The summed E-state index contributed by atoms with van der Waals surface area (Å²) in [4.78, 5) is 34.4. The second-order valence-electron chi connectivity index (χ2n) is 8.11. The van der Waals surface area contributed by atoms with Crippen molar-refractivity contribution < 1.29 is 24.2 Å². The molecule has 0 aromatic heterocycles. The third-order valence-electron chi connectivity index (χ3n) is 5.05. The van der Waals surface area contributed by atoms with Crippen molar-refractivity contribution >= 4 is 33.6 Å². The van der Waals surface area contributed by atoms with Crippen LogP contribution in [-0.2, 0) is 14.2 Å². The number of amides is 1. The van der Waals surface area contributed by atoms with E-state index in [-0.39, 0.29) is 41.2 Å². The fourth-order valence-electron chi connectivity index (χ4n) is 3.29. The molecule has 1 amide bonds. The number of nitrogens with one attached hydrogen (secondary N) is 1. The fourth-order valence-corrected chi connectivity index (χ4v) is 7.89. The van der Waals surface area contributed by atoms with Gasteiger partial charge in [0.05, 0.1) is 0 Å². The molecule has 0 saturated heterocycles. The molecular formula is C18H36AsN2O5P. The summed E-state index contributed by atoms with van der Waals surface area (Å²) in [6, 6.07) is -0.536. The minimum atomic E-state index is -3.41. The summed E-state index contributed by atoms with van der Waals surface area (Å²) < 4.78 is 11.9. The van der Waals surface area contributed by atoms with Gasteiger partial charge in [-0.25, -0.2) is 0 Å². The SMILES string of the molecule is CC(C)[C@H](N)C(=O)[AsH][C@@H](C)C(=O)NC[C@@H](O)CP(=O)(O)CC1CCCCC1. The third-order valence-corrected chi connectivity index (χ3v) is 9.88. The molecule has 7 nitrogen and oxygen atoms in total. The van der Waals surface area contributed by atoms with E-state index in [4.69, 9.17) is 5.73 Å². The molecule has 5 atom stereocenters. The monoisotopic (exact) mass is 466 g/mol. The molecule has 1 fully saturated rings. The van der Waals surface area contributed by atoms with E-state index in [0.717, 1.165) is 25.7 Å². The van der Waals surface area contributed by atoms with Crippen LogP contribution in [0.2, 0.25) is 4.71 Å². The minimum absolute atomic E-state index is 0.0412. The van der Waals surface area contributed by atoms with Crippen LogP contribution in [0.4, 0.5) is 0 Å². The van der Waals surface area contributed by atoms with Gasteiger partial charge >= 0.3 is 169 Å². The third kappa shape index (κ3) is 9.71. The van der Waals surface area contributed by atoms with E-state index in [0.29, 0.717) is 0 Å². The number of rotatable bonds is 11. The van der Waals surface area contributed by atoms with Crippen molar-refractivity contribution in [2.75, 3.05) is 18.9 Å². The molecule has 0 radical (unpaired) electrons. The Bertz CT molecular complexity index is 540. The standard InChI is InChI=1S/C18H36AsN2O5P/c1-12(2)16(20)17(23)19-13(3)18(24)21-9-15(22)11-27(25,26)10-14-7-5-4-6-8-14/h12-16,19,22H,4-11,20H2,1-3H3,(H,21,24)(H,25,26)/t13-,15+,16-/m0/s1. The van der Waals surface area contributed by atoms with Crippen LogP contribution in [0.15, 0.2) is 0 Å². The Morgan fingerprint density at radius 2 is 1.81 bits per heavy atom. The number of nitrogens with two attached hydrogens (primary N) is 1. The van der Waals surface area contributed by atoms with Crippen molar-refractivity contribution in [1.29, 1.82) is 0 Å². The van der Waals surface area contributed by atoms with Crippen molar-refractivity contribution in [3.05, 3.63) is 0 Å². The van der Waals surface area contributed by atoms with Crippen LogP contribution in [-0.4, -0.2) is 67.2 Å². The van der Waals surface area contributed by atoms with Gasteiger partial charge in [-0.3, -0.25) is 0 Å². The van der Waals surface area contributed by atoms with E-state index in [2.05, 4.69) is 5.32 Å². The van der Waals surface area contributed by atoms with E-state index in [9.17, 15) is 24.2 Å². The molecule has 5 N–H and O–H groups in total. The topological polar surface area (TPSA) is 130 Å². The summed E-state index contributed by atoms with van der Waals surface area (Å²) in [5.74, 6) is -0.00224. The molecular weight excluding hydrogens is 430 g/mol. The predicted molar refractivity (Wildman–Crippen MR) is 110 cm³/mol. The van der Waals surface area contributed by atoms with Crippen molar-refractivity contribution in [2.24, 2.45) is 17.6 Å². The number of aliphatic hydroxyl groups excluding tert-OH is 1. The second-order valence-corrected chi connectivity index (χ2v) is 14.0. The second kappa shape index (κ2) is 11.7. The average Bonchev–Trinajstić information content (AvgIpc) is 2.58. The molecule has 0 aliphatic heterocycles. The molecule has 1 rings (SSSR count). The summed E-state index contributed by atoms with van der Waals surface area (Å²) in [5, 5.41) is 12.7. The molecule has 0 aromatic carbocycles. The Kier molecular flexibility index (Phi) is 10.8. The Morgan fingerprint density at radius 3 is 2.37 bits per heavy atom. The Labute approximate surface area is 169 Å². The first-order chi connectivity index (χ1) is 12.5. The van der Waals surface area contributed by atoms with Crippen LogP contribution >= 0.6 is 7.37 Å². The van der Waals surface area contributed by atoms with Gasteiger partial charge in [0.1, 0.15) is 0 Å². The maximum atomic E-state index is 12.4. The van der Waals surface area contributed by atoms with E-state index < -0.39 is 40.0 Å². The van der Waals surface area contributed by atoms with Crippen LogP contribution in [0.1, 0.15) is 52.9 Å². The summed E-state index contributed by atoms with van der Waals surface area (Å²) >= 11 is -1.20. The number of hydrogen-bond acceptors (Lipinski definition) is 5. The van der Waals surface area contributed by atoms with Crippen LogP contribution in [0, 0.1) is 11.8 Å². The van der Waals surface area contributed by atoms with Gasteiger partial charge in [-0.05, 0) is 0 Å². The first-order valence-electron chi connectivity index (χ1n) is 9.84. The van der Waals surface area contributed by atoms with Crippen molar-refractivity contribution in [3.63, 3.8) is 0 Å². The first-order valence-corrected chi connectivity index (χ1v) is 14.1. The van der Waals surface area contributed by atoms with Crippen molar-refractivity contribution in [3.8, 4) is 0 Å². The van der Waals surface area contributed by atoms with Crippen LogP contribution in [0.3, 0.4) is 0 Å². The zero-order valence-electron chi connectivity index (χ0n) is 16.7. The quantitative estimate of drug-likeness (QED) is 0.266. The number of aliphatic hydroxyl groups is 1. The first kappa shape index (κ1) is 24.8. The molecule has 9 heteroatoms. The molecule has 1 saturated carbocycles. The van der Waals surface area contributed by atoms with Crippen LogP contribution in [0.25, 0.3) is 0 Å². The Balaban J connectivity index is 2.36. The zero-order valence-corrected chi connectivity index (χ0v) is 19.7. The summed E-state index contributed by atoms with van der Waals surface area (Å²) in [6.45, 7) is 5.36. The normalized spacial score (nSPS) is 21.7. The van der Waals surface area contributed by atoms with Gasteiger partial charge in [0.15, 0.2) is 0 Å². The predicted octanol–water partition coefficient (Wildman–Crippen LogP) is 1.07. The molecule has 2 unspecified atom stereocenters. The van der Waals surface area contributed by atoms with Gasteiger partial charge in [-0.1, -0.05) is 0 Å². The van der Waals surface area contributed by atoms with Gasteiger partial charge in [0.25, 0.3) is 0 Å². The van der Waals surface area contributed by atoms with Gasteiger partial charge in [-0.2, -0.15) is 0 Å². The van der Waals surface area contributed by atoms with Gasteiger partial charge < -0.3 is 0 Å². The van der Waals surface area contributed by atoms with Crippen LogP contribution < -0.4 is 11.1 Å². The molecule has 1 aliphatic carbocycles. The van der Waals surface area contributed by atoms with Crippen molar-refractivity contribution in [2.45, 2.75) is 69.7 Å². The fraction of sp³-hybridized carbons (Fsp3) is 0.889. The molecule has 0 spiro atoms. The summed E-state index contributed by atoms with van der Waals surface area (Å²) in [5.41, 5.74) is 5.83. The summed E-state index contributed by atoms with van der Waals surface area (Å²) in [7, 11) is -3.41. The van der Waals surface area contributed by atoms with Crippen LogP contribution in [0.5, 0.6) is 0 Å². The molecule has 27 heavy (non-hydrogen) atoms. The average molecular weight is 466 g/mol. The Hall–Kier alpha value is -0.192. The van der Waals surface area contributed by atoms with Crippen molar-refractivity contribution in [1.82, 2.24) is 5.32 Å². The van der Waals surface area contributed by atoms with E-state index in [1.807, 2.05) is 13.8 Å². The van der Waals surface area contributed by atoms with Gasteiger partial charge in [0.2, 0.25) is 0 Å². The molecule has 1 aliphatic rings. The van der Waals surface area contributed by atoms with E-state index in [1.54, 1.807) is 6.92 Å². The van der Waals surface area contributed by atoms with Gasteiger partial charge in [-0.15, -0.1) is 0 Å². The Morgan fingerprint density at radius 1 is 1.22 bits per heavy atom.